The fourth-order valence-corrected chi connectivity index (χ4v) is 1.00. The van der Waals surface area contributed by atoms with Gasteiger partial charge in [-0.3, -0.25) is 10.1 Å². The van der Waals surface area contributed by atoms with E-state index in [0.717, 1.165) is 6.42 Å². The first-order valence-electron chi connectivity index (χ1n) is 3.14. The maximum Gasteiger partial charge on any atom is 0.241 e. The molecule has 2 heteroatoms. The van der Waals surface area contributed by atoms with Crippen LogP contribution in [-0.2, 0) is 4.79 Å². The lowest BCUT2D eigenvalue weighted by molar-refractivity contribution is -0.119. The van der Waals surface area contributed by atoms with Gasteiger partial charge >= 0.3 is 0 Å². The van der Waals surface area contributed by atoms with Crippen LogP contribution in [0.1, 0.15) is 12.8 Å². The first kappa shape index (κ1) is 6.33. The molecule has 0 aliphatic carbocycles. The normalized spacial score (nSPS) is 25.8. The third-order valence-corrected chi connectivity index (χ3v) is 1.49. The monoisotopic (exact) mass is 124 g/mol. The highest BCUT2D eigenvalue weighted by molar-refractivity contribution is 5.77. The van der Waals surface area contributed by atoms with Gasteiger partial charge in [0.1, 0.15) is 0 Å². The van der Waals surface area contributed by atoms with E-state index in [0.29, 0.717) is 18.9 Å². The Kier molecular flexibility index (Phi) is 1.88. The summed E-state index contributed by atoms with van der Waals surface area (Å²) in [5, 5.41) is 3.75. The van der Waals surface area contributed by atoms with Crippen LogP contribution in [0.5, 0.6) is 0 Å². The third-order valence-electron chi connectivity index (χ3n) is 1.49. The predicted octanol–water partition coefficient (Wildman–Crippen LogP) is 0.713. The first-order valence-corrected chi connectivity index (χ1v) is 3.14. The minimum absolute atomic E-state index is 0.0573. The van der Waals surface area contributed by atoms with Gasteiger partial charge in [-0.05, 0) is 12.3 Å². The van der Waals surface area contributed by atoms with Gasteiger partial charge in [0, 0.05) is 13.0 Å². The van der Waals surface area contributed by atoms with Crippen LogP contribution in [0.2, 0.25) is 0 Å². The zero-order chi connectivity index (χ0) is 6.69. The molecule has 0 spiro atoms. The Morgan fingerprint density at radius 1 is 1.89 bits per heavy atom. The number of amides is 1. The molecule has 0 saturated carbocycles. The minimum atomic E-state index is 0.0573. The van der Waals surface area contributed by atoms with Gasteiger partial charge in [-0.15, -0.1) is 6.58 Å². The molecule has 9 heavy (non-hydrogen) atoms. The molecular weight excluding hydrogens is 114 g/mol. The molecule has 49 valence electrons. The average molecular weight is 124 g/mol. The molecule has 1 saturated heterocycles. The Labute approximate surface area is 54.9 Å². The van der Waals surface area contributed by atoms with Gasteiger partial charge in [-0.1, -0.05) is 6.08 Å². The van der Waals surface area contributed by atoms with Crippen molar-refractivity contribution in [3.8, 4) is 0 Å². The van der Waals surface area contributed by atoms with Crippen molar-refractivity contribution in [1.29, 1.82) is 0 Å². The fourth-order valence-electron chi connectivity index (χ4n) is 1.00. The Hall–Kier alpha value is -0.790. The van der Waals surface area contributed by atoms with Crippen LogP contribution in [0.3, 0.4) is 0 Å². The highest BCUT2D eigenvalue weighted by Gasteiger charge is 2.21. The number of rotatable bonds is 2. The zero-order valence-corrected chi connectivity index (χ0v) is 5.34. The SMILES string of the molecule is C=CCC1C[N]C(=O)C1. The van der Waals surface area contributed by atoms with Crippen molar-refractivity contribution in [2.75, 3.05) is 6.54 Å². The molecular formula is C7H10NO. The summed E-state index contributed by atoms with van der Waals surface area (Å²) in [5.74, 6) is 0.511. The second-order valence-electron chi connectivity index (χ2n) is 2.33. The van der Waals surface area contributed by atoms with E-state index in [4.69, 9.17) is 0 Å². The smallest absolute Gasteiger partial charge is 0.241 e. The maximum absolute atomic E-state index is 10.5. The van der Waals surface area contributed by atoms with Crippen molar-refractivity contribution in [2.24, 2.45) is 5.92 Å². The maximum atomic E-state index is 10.5. The molecule has 1 amide bonds. The van der Waals surface area contributed by atoms with E-state index in [1.165, 1.54) is 0 Å². The number of carbonyl (C=O) groups excluding carboxylic acids is 1. The van der Waals surface area contributed by atoms with Crippen LogP contribution in [0, 0.1) is 5.92 Å². The average Bonchev–Trinajstić information content (AvgIpc) is 2.17. The van der Waals surface area contributed by atoms with Crippen LogP contribution in [-0.4, -0.2) is 12.5 Å². The van der Waals surface area contributed by atoms with E-state index >= 15 is 0 Å². The number of hydrogen-bond donors (Lipinski definition) is 0. The molecule has 2 nitrogen and oxygen atoms in total. The van der Waals surface area contributed by atoms with Crippen molar-refractivity contribution >= 4 is 5.91 Å². The van der Waals surface area contributed by atoms with Gasteiger partial charge in [-0.25, -0.2) is 0 Å². The number of hydrogen-bond acceptors (Lipinski definition) is 1. The summed E-state index contributed by atoms with van der Waals surface area (Å²) in [5.41, 5.74) is 0. The van der Waals surface area contributed by atoms with Crippen LogP contribution in [0.4, 0.5) is 0 Å². The van der Waals surface area contributed by atoms with Crippen molar-refractivity contribution < 1.29 is 4.79 Å². The Balaban J connectivity index is 2.29. The molecule has 0 aromatic rings. The highest BCUT2D eigenvalue weighted by atomic mass is 16.1. The molecule has 1 aliphatic rings. The van der Waals surface area contributed by atoms with E-state index in [2.05, 4.69) is 11.9 Å². The predicted molar refractivity (Wildman–Crippen MR) is 34.9 cm³/mol. The van der Waals surface area contributed by atoms with Crippen molar-refractivity contribution in [1.82, 2.24) is 5.32 Å². The van der Waals surface area contributed by atoms with Gasteiger partial charge in [0.25, 0.3) is 0 Å². The Morgan fingerprint density at radius 2 is 2.67 bits per heavy atom. The molecule has 0 N–H and O–H groups in total. The van der Waals surface area contributed by atoms with Crippen LogP contribution < -0.4 is 5.32 Å². The number of allylic oxidation sites excluding steroid dienone is 1. The lowest BCUT2D eigenvalue weighted by Gasteiger charge is -1.97. The lowest BCUT2D eigenvalue weighted by atomic mass is 10.1. The summed E-state index contributed by atoms with van der Waals surface area (Å²) >= 11 is 0. The minimum Gasteiger partial charge on any atom is -0.273 e. The van der Waals surface area contributed by atoms with E-state index in [1.807, 2.05) is 6.08 Å². The van der Waals surface area contributed by atoms with E-state index < -0.39 is 0 Å². The number of carbonyl (C=O) groups is 1. The van der Waals surface area contributed by atoms with Gasteiger partial charge in [0.15, 0.2) is 0 Å². The van der Waals surface area contributed by atoms with Gasteiger partial charge < -0.3 is 0 Å². The first-order chi connectivity index (χ1) is 4.33. The summed E-state index contributed by atoms with van der Waals surface area (Å²) in [6.07, 6.45) is 3.40. The van der Waals surface area contributed by atoms with Gasteiger partial charge in [0.05, 0.1) is 0 Å². The van der Waals surface area contributed by atoms with Crippen molar-refractivity contribution in [2.45, 2.75) is 12.8 Å². The molecule has 1 rings (SSSR count). The fraction of sp³-hybridized carbons (Fsp3) is 0.571. The second-order valence-corrected chi connectivity index (χ2v) is 2.33. The molecule has 1 unspecified atom stereocenters. The van der Waals surface area contributed by atoms with Crippen molar-refractivity contribution in [3.05, 3.63) is 12.7 Å². The molecule has 0 bridgehead atoms. The van der Waals surface area contributed by atoms with Crippen LogP contribution in [0.15, 0.2) is 12.7 Å². The largest absolute Gasteiger partial charge is 0.273 e. The molecule has 1 aliphatic heterocycles. The molecule has 1 fully saturated rings. The van der Waals surface area contributed by atoms with E-state index in [1.54, 1.807) is 0 Å². The number of nitrogens with zero attached hydrogens (tertiary/aromatic N) is 1. The van der Waals surface area contributed by atoms with Gasteiger partial charge in [-0.2, -0.15) is 0 Å². The third kappa shape index (κ3) is 1.56. The lowest BCUT2D eigenvalue weighted by Crippen LogP contribution is -2.04. The molecule has 1 heterocycles. The topological polar surface area (TPSA) is 31.2 Å². The quantitative estimate of drug-likeness (QED) is 0.499. The van der Waals surface area contributed by atoms with E-state index in [9.17, 15) is 4.79 Å². The summed E-state index contributed by atoms with van der Waals surface area (Å²) in [7, 11) is 0. The second kappa shape index (κ2) is 2.67. The van der Waals surface area contributed by atoms with E-state index in [-0.39, 0.29) is 5.91 Å². The van der Waals surface area contributed by atoms with Gasteiger partial charge in [0.2, 0.25) is 5.91 Å². The zero-order valence-electron chi connectivity index (χ0n) is 5.34. The summed E-state index contributed by atoms with van der Waals surface area (Å²) < 4.78 is 0. The highest BCUT2D eigenvalue weighted by Crippen LogP contribution is 2.13. The summed E-state index contributed by atoms with van der Waals surface area (Å²) in [6, 6.07) is 0. The van der Waals surface area contributed by atoms with Crippen LogP contribution >= 0.6 is 0 Å². The Bertz CT molecular complexity index is 131. The van der Waals surface area contributed by atoms with Crippen molar-refractivity contribution in [3.63, 3.8) is 0 Å². The molecule has 0 aromatic carbocycles. The van der Waals surface area contributed by atoms with Crippen LogP contribution in [0.25, 0.3) is 0 Å². The molecule has 1 radical (unpaired) electrons. The Morgan fingerprint density at radius 3 is 3.11 bits per heavy atom. The summed E-state index contributed by atoms with van der Waals surface area (Å²) in [4.78, 5) is 10.5. The molecule has 1 atom stereocenters. The standard InChI is InChI=1S/C7H10NO/c1-2-3-6-4-7(9)8-5-6/h2,6H,1,3-5H2. The summed E-state index contributed by atoms with van der Waals surface area (Å²) in [6.45, 7) is 4.31. The molecule has 0 aromatic heterocycles.